The molecule has 2 atom stereocenters. The molecule has 27 heavy (non-hydrogen) atoms. The number of pyridine rings is 1. The Hall–Kier alpha value is -2.67. The van der Waals surface area contributed by atoms with Crippen molar-refractivity contribution >= 4 is 24.9 Å². The van der Waals surface area contributed by atoms with E-state index in [9.17, 15) is 9.90 Å². The highest BCUT2D eigenvalue weighted by atomic mass is 16.3. The molecule has 0 saturated heterocycles. The van der Waals surface area contributed by atoms with E-state index in [0.717, 1.165) is 47.9 Å². The van der Waals surface area contributed by atoms with Crippen LogP contribution in [0, 0.1) is 0 Å². The minimum atomic E-state index is -0.471. The van der Waals surface area contributed by atoms with E-state index in [0.29, 0.717) is 12.1 Å². The van der Waals surface area contributed by atoms with Gasteiger partial charge in [-0.25, -0.2) is 4.52 Å². The fraction of sp³-hybridized carbons (Fsp3) is 0.350. The fourth-order valence-corrected chi connectivity index (χ4v) is 3.87. The summed E-state index contributed by atoms with van der Waals surface area (Å²) in [6.07, 6.45) is 7.32. The average Bonchev–Trinajstić information content (AvgIpc) is 3.02. The van der Waals surface area contributed by atoms with Gasteiger partial charge in [0.05, 0.1) is 17.7 Å². The van der Waals surface area contributed by atoms with E-state index in [1.165, 1.54) is 0 Å². The number of hydrogen-bond acceptors (Lipinski definition) is 4. The Morgan fingerprint density at radius 2 is 2.11 bits per heavy atom. The molecular formula is C20H23BN4O2. The molecule has 1 fully saturated rings. The largest absolute Gasteiger partial charge is 0.391 e. The van der Waals surface area contributed by atoms with Gasteiger partial charge in [-0.3, -0.25) is 9.78 Å². The lowest BCUT2D eigenvalue weighted by atomic mass is 9.92. The topological polar surface area (TPSA) is 79.5 Å². The highest BCUT2D eigenvalue weighted by Gasteiger charge is 2.26. The van der Waals surface area contributed by atoms with Gasteiger partial charge in [0.15, 0.2) is 7.85 Å². The van der Waals surface area contributed by atoms with Gasteiger partial charge in [-0.2, -0.15) is 5.10 Å². The van der Waals surface area contributed by atoms with Crippen LogP contribution in [0.15, 0.2) is 42.7 Å². The first-order valence-electron chi connectivity index (χ1n) is 9.48. The number of amides is 1. The number of rotatable bonds is 4. The van der Waals surface area contributed by atoms with Crippen molar-refractivity contribution in [2.75, 3.05) is 0 Å². The third-order valence-corrected chi connectivity index (χ3v) is 5.25. The van der Waals surface area contributed by atoms with Gasteiger partial charge in [0.25, 0.3) is 5.91 Å². The van der Waals surface area contributed by atoms with Crippen LogP contribution in [0.1, 0.15) is 47.3 Å². The summed E-state index contributed by atoms with van der Waals surface area (Å²) >= 11 is 0. The van der Waals surface area contributed by atoms with Crippen LogP contribution in [0.4, 0.5) is 0 Å². The molecular weight excluding hydrogens is 339 g/mol. The lowest BCUT2D eigenvalue weighted by Gasteiger charge is -2.28. The highest BCUT2D eigenvalue weighted by molar-refractivity contribution is 6.30. The molecule has 0 spiro atoms. The van der Waals surface area contributed by atoms with Crippen LogP contribution in [-0.2, 0) is 6.42 Å². The number of fused-ring (bicyclic) bond motifs is 1. The first-order valence-corrected chi connectivity index (χ1v) is 9.48. The van der Waals surface area contributed by atoms with E-state index in [1.807, 2.05) is 32.1 Å². The SMILES string of the molecule is Bc1cc(Cc2cc(C(=O)N[C@H]3CCCC[C@@H]3O)n3ncccc23)ccn1. The Morgan fingerprint density at radius 1 is 1.26 bits per heavy atom. The van der Waals surface area contributed by atoms with Crippen molar-refractivity contribution in [2.45, 2.75) is 44.2 Å². The number of aliphatic hydroxyl groups excluding tert-OH is 1. The Bertz CT molecular complexity index is 972. The summed E-state index contributed by atoms with van der Waals surface area (Å²) in [7, 11) is 1.97. The minimum absolute atomic E-state index is 0.188. The van der Waals surface area contributed by atoms with Crippen LogP contribution in [0.25, 0.3) is 5.52 Å². The molecule has 0 radical (unpaired) electrons. The van der Waals surface area contributed by atoms with E-state index < -0.39 is 6.10 Å². The Balaban J connectivity index is 1.64. The second-order valence-electron chi connectivity index (χ2n) is 7.29. The maximum Gasteiger partial charge on any atom is 0.270 e. The zero-order valence-corrected chi connectivity index (χ0v) is 15.4. The van der Waals surface area contributed by atoms with E-state index in [2.05, 4.69) is 21.5 Å². The molecule has 0 unspecified atom stereocenters. The highest BCUT2D eigenvalue weighted by Crippen LogP contribution is 2.21. The number of carbonyl (C=O) groups excluding carboxylic acids is 1. The molecule has 1 amide bonds. The van der Waals surface area contributed by atoms with Gasteiger partial charge < -0.3 is 10.4 Å². The maximum atomic E-state index is 12.9. The van der Waals surface area contributed by atoms with Gasteiger partial charge in [0.2, 0.25) is 0 Å². The first-order chi connectivity index (χ1) is 13.1. The van der Waals surface area contributed by atoms with Gasteiger partial charge in [0, 0.05) is 12.4 Å². The standard InChI is InChI=1S/C20H23BN4O2/c21-19-11-13(7-9-22-19)10-14-12-17(25-16(14)5-3-8-23-25)20(27)24-15-4-1-2-6-18(15)26/h3,5,7-9,11-12,15,18,26H,1-2,4,6,10,21H2,(H,24,27)/t15-,18-/m0/s1. The smallest absolute Gasteiger partial charge is 0.270 e. The summed E-state index contributed by atoms with van der Waals surface area (Å²) in [6.45, 7) is 0. The van der Waals surface area contributed by atoms with Crippen LogP contribution in [0.2, 0.25) is 0 Å². The number of nitrogens with zero attached hydrogens (tertiary/aromatic N) is 3. The fourth-order valence-electron chi connectivity index (χ4n) is 3.87. The molecule has 138 valence electrons. The van der Waals surface area contributed by atoms with Gasteiger partial charge in [-0.05, 0) is 66.3 Å². The lowest BCUT2D eigenvalue weighted by molar-refractivity contribution is 0.0712. The molecule has 3 aromatic heterocycles. The second kappa shape index (κ2) is 7.52. The minimum Gasteiger partial charge on any atom is -0.391 e. The van der Waals surface area contributed by atoms with E-state index in [4.69, 9.17) is 0 Å². The quantitative estimate of drug-likeness (QED) is 0.667. The number of aliphatic hydroxyl groups is 1. The molecule has 0 aliphatic heterocycles. The van der Waals surface area contributed by atoms with Crippen molar-refractivity contribution in [3.8, 4) is 0 Å². The summed E-state index contributed by atoms with van der Waals surface area (Å²) in [5.74, 6) is -0.188. The van der Waals surface area contributed by atoms with Crippen molar-refractivity contribution in [3.63, 3.8) is 0 Å². The van der Waals surface area contributed by atoms with Crippen LogP contribution in [0.3, 0.4) is 0 Å². The molecule has 1 aliphatic carbocycles. The summed E-state index contributed by atoms with van der Waals surface area (Å²) < 4.78 is 1.69. The molecule has 4 rings (SSSR count). The summed E-state index contributed by atoms with van der Waals surface area (Å²) in [5, 5.41) is 17.5. The predicted molar refractivity (Wildman–Crippen MR) is 106 cm³/mol. The Labute approximate surface area is 159 Å². The summed E-state index contributed by atoms with van der Waals surface area (Å²) in [4.78, 5) is 17.1. The average molecular weight is 362 g/mol. The second-order valence-corrected chi connectivity index (χ2v) is 7.29. The lowest BCUT2D eigenvalue weighted by Crippen LogP contribution is -2.45. The number of hydrogen-bond donors (Lipinski definition) is 2. The molecule has 1 saturated carbocycles. The Kier molecular flexibility index (Phi) is 4.94. The van der Waals surface area contributed by atoms with Gasteiger partial charge in [-0.1, -0.05) is 12.8 Å². The Morgan fingerprint density at radius 3 is 2.93 bits per heavy atom. The van der Waals surface area contributed by atoms with Crippen molar-refractivity contribution in [1.29, 1.82) is 0 Å². The predicted octanol–water partition coefficient (Wildman–Crippen LogP) is 0.612. The summed E-state index contributed by atoms with van der Waals surface area (Å²) in [5.41, 5.74) is 4.58. The van der Waals surface area contributed by atoms with Crippen molar-refractivity contribution in [1.82, 2.24) is 19.9 Å². The number of nitrogens with one attached hydrogen (secondary N) is 1. The molecule has 0 aromatic carbocycles. The van der Waals surface area contributed by atoms with E-state index in [1.54, 1.807) is 16.9 Å². The molecule has 3 aromatic rings. The molecule has 3 heterocycles. The molecule has 0 bridgehead atoms. The van der Waals surface area contributed by atoms with Crippen LogP contribution in [-0.4, -0.2) is 45.6 Å². The zero-order valence-electron chi connectivity index (χ0n) is 15.4. The molecule has 1 aliphatic rings. The van der Waals surface area contributed by atoms with Gasteiger partial charge >= 0.3 is 0 Å². The van der Waals surface area contributed by atoms with Crippen LogP contribution < -0.4 is 10.9 Å². The monoisotopic (exact) mass is 362 g/mol. The molecule has 7 heteroatoms. The van der Waals surface area contributed by atoms with E-state index >= 15 is 0 Å². The van der Waals surface area contributed by atoms with Crippen molar-refractivity contribution < 1.29 is 9.90 Å². The molecule has 2 N–H and O–H groups in total. The van der Waals surface area contributed by atoms with Gasteiger partial charge in [0.1, 0.15) is 5.69 Å². The summed E-state index contributed by atoms with van der Waals surface area (Å²) in [6, 6.07) is 9.61. The first kappa shape index (κ1) is 17.7. The normalized spacial score (nSPS) is 19.9. The zero-order chi connectivity index (χ0) is 18.8. The molecule has 6 nitrogen and oxygen atoms in total. The third-order valence-electron chi connectivity index (χ3n) is 5.25. The maximum absolute atomic E-state index is 12.9. The van der Waals surface area contributed by atoms with Crippen molar-refractivity contribution in [2.24, 2.45) is 0 Å². The van der Waals surface area contributed by atoms with Crippen LogP contribution in [0.5, 0.6) is 0 Å². The number of carbonyl (C=O) groups is 1. The van der Waals surface area contributed by atoms with Gasteiger partial charge in [-0.15, -0.1) is 0 Å². The van der Waals surface area contributed by atoms with Crippen LogP contribution >= 0.6 is 0 Å². The number of aromatic nitrogens is 3. The van der Waals surface area contributed by atoms with Crippen molar-refractivity contribution in [3.05, 3.63) is 59.5 Å². The third kappa shape index (κ3) is 3.73. The van der Waals surface area contributed by atoms with E-state index in [-0.39, 0.29) is 11.9 Å².